The van der Waals surface area contributed by atoms with Gasteiger partial charge in [-0.1, -0.05) is 314 Å². The van der Waals surface area contributed by atoms with Crippen molar-refractivity contribution in [3.63, 3.8) is 0 Å². The summed E-state index contributed by atoms with van der Waals surface area (Å²) < 4.78 is 142. The molecule has 0 aliphatic rings. The van der Waals surface area contributed by atoms with E-state index < -0.39 is 23.3 Å². The van der Waals surface area contributed by atoms with E-state index in [1.165, 1.54) is 48.5 Å². The number of benzene rings is 20. The van der Waals surface area contributed by atoms with Crippen LogP contribution < -0.4 is 56.8 Å². The van der Waals surface area contributed by atoms with Gasteiger partial charge in [-0.15, -0.1) is 0 Å². The van der Waals surface area contributed by atoms with Crippen molar-refractivity contribution in [1.29, 1.82) is 0 Å². The Bertz CT molecular complexity index is 7130. The summed E-state index contributed by atoms with van der Waals surface area (Å²) in [6.45, 7) is 2.42. The van der Waals surface area contributed by atoms with Gasteiger partial charge in [0.05, 0.1) is 0 Å². The molecule has 0 aromatic heterocycles. The third kappa shape index (κ3) is 26.7. The summed E-state index contributed by atoms with van der Waals surface area (Å²) in [5.74, 6) is 29.7. The van der Waals surface area contributed by atoms with E-state index in [0.717, 1.165) is 44.5 Å². The van der Waals surface area contributed by atoms with Crippen LogP contribution in [-0.2, 0) is 79.3 Å². The van der Waals surface area contributed by atoms with Crippen molar-refractivity contribution < 1.29 is 74.4 Å². The highest BCUT2D eigenvalue weighted by atomic mass is 19.1. The first kappa shape index (κ1) is 96.5. The quantitative estimate of drug-likeness (QED) is 0.0212. The van der Waals surface area contributed by atoms with Gasteiger partial charge in [-0.3, -0.25) is 0 Å². The number of rotatable bonds is 36. The minimum Gasteiger partial charge on any atom is -0.489 e. The van der Waals surface area contributed by atoms with Gasteiger partial charge in [-0.05, 0) is 208 Å². The third-order valence-corrected chi connectivity index (χ3v) is 24.1. The average molecular weight is 1950 g/mol. The molecular formula is C132H94F4O12. The van der Waals surface area contributed by atoms with Crippen LogP contribution in [0.2, 0.25) is 0 Å². The molecular weight excluding hydrogens is 1850 g/mol. The number of ether oxygens (including phenoxy) is 12. The van der Waals surface area contributed by atoms with Crippen LogP contribution >= 0.6 is 0 Å². The molecule has 722 valence electrons. The molecule has 16 heteroatoms. The summed E-state index contributed by atoms with van der Waals surface area (Å²) in [7, 11) is 0. The molecule has 20 rings (SSSR count). The molecule has 148 heavy (non-hydrogen) atoms. The second-order valence-electron chi connectivity index (χ2n) is 35.3. The normalized spacial score (nSPS) is 10.8. The zero-order valence-electron chi connectivity index (χ0n) is 80.3. The Hall–Kier alpha value is -19.0. The Morgan fingerprint density at radius 1 is 0.135 bits per heavy atom. The first-order valence-corrected chi connectivity index (χ1v) is 48.3. The minimum absolute atomic E-state index is 0.00134. The van der Waals surface area contributed by atoms with Gasteiger partial charge in [0.1, 0.15) is 172 Å². The summed E-state index contributed by atoms with van der Waals surface area (Å²) in [6.07, 6.45) is 0. The molecule has 0 radical (unpaired) electrons. The van der Waals surface area contributed by atoms with Gasteiger partial charge >= 0.3 is 0 Å². The lowest BCUT2D eigenvalue weighted by molar-refractivity contribution is 0.281. The van der Waals surface area contributed by atoms with Crippen molar-refractivity contribution in [2.45, 2.75) is 79.3 Å². The number of hydrogen-bond donors (Lipinski definition) is 0. The Labute approximate surface area is 856 Å². The molecule has 0 N–H and O–H groups in total. The molecule has 0 aliphatic heterocycles. The lowest BCUT2D eigenvalue weighted by Crippen LogP contribution is -2.02. The molecule has 0 atom stereocenters. The largest absolute Gasteiger partial charge is 0.489 e. The van der Waals surface area contributed by atoms with Gasteiger partial charge in [0.15, 0.2) is 0 Å². The van der Waals surface area contributed by atoms with E-state index >= 15 is 17.6 Å². The molecule has 12 nitrogen and oxygen atoms in total. The van der Waals surface area contributed by atoms with Crippen molar-refractivity contribution in [3.05, 3.63) is 559 Å². The van der Waals surface area contributed by atoms with E-state index in [1.807, 2.05) is 352 Å². The van der Waals surface area contributed by atoms with Crippen LogP contribution in [-0.4, -0.2) is 0 Å². The van der Waals surface area contributed by atoms with Crippen LogP contribution in [0, 0.1) is 70.6 Å². The summed E-state index contributed by atoms with van der Waals surface area (Å²) in [6, 6.07) is 130. The first-order valence-electron chi connectivity index (χ1n) is 48.3. The molecule has 0 fully saturated rings. The molecule has 0 unspecified atom stereocenters. The third-order valence-electron chi connectivity index (χ3n) is 24.1. The van der Waals surface area contributed by atoms with Gasteiger partial charge in [-0.2, -0.15) is 0 Å². The van der Waals surface area contributed by atoms with E-state index in [4.69, 9.17) is 56.8 Å². The highest BCUT2D eigenvalue weighted by molar-refractivity contribution is 6.27. The molecule has 0 amide bonds. The lowest BCUT2D eigenvalue weighted by atomic mass is 9.86. The molecule has 20 aromatic carbocycles. The monoisotopic (exact) mass is 1950 g/mol. The van der Waals surface area contributed by atoms with Crippen molar-refractivity contribution in [1.82, 2.24) is 0 Å². The van der Waals surface area contributed by atoms with E-state index in [-0.39, 0.29) is 71.7 Å². The summed E-state index contributed by atoms with van der Waals surface area (Å²) in [5.41, 5.74) is 13.7. The van der Waals surface area contributed by atoms with E-state index in [9.17, 15) is 0 Å². The maximum Gasteiger partial charge on any atom is 0.128 e. The lowest BCUT2D eigenvalue weighted by Gasteiger charge is -2.16. The standard InChI is InChI=1S/C132H94F4O12/c133-111-53-99(57-115(71-111)145-87-103-61-119(137-79-91-25-9-1-10-26-91)75-120(62-103)138-80-92-27-11-2-12-28-92)41-45-107-69-108(46-42-100-54-112(134)72-116(58-100)146-88-104-63-121(139-81-93-29-13-3-14-30-93)76-122(64-104)140-82-94-31-15-4-16-32-94)128-51-52-130-110(48-44-102-56-114(136)74-118(60-102)148-90-106-67-125(143-85-97-37-21-7-22-38-97)78-126(68-106)144-86-98-39-23-8-24-40-98)70-109(129-50-49-127(107)131(128)132(129)130)47-43-101-55-113(135)73-117(59-101)147-89-105-65-123(141-83-95-33-17-5-18-34-95)77-124(66-105)142-84-96-35-19-6-20-36-96/h1-40,49-78H,79-90H2. The van der Waals surface area contributed by atoms with Crippen molar-refractivity contribution in [2.75, 3.05) is 0 Å². The maximum atomic E-state index is 16.4. The SMILES string of the molecule is Fc1cc(C#Cc2cc(C#Cc3cc(F)cc(OCc4cc(OCc5ccccc5)cc(OCc5ccccc5)c4)c3)c3ccc4c(C#Cc5cc(F)cc(OCc6cc(OCc7ccccc7)cc(OCc7ccccc7)c6)c5)cc(C#Cc5cc(F)cc(OCc6cc(OCc7ccccc7)cc(OCc7ccccc7)c6)c5)c5ccc2c3c54)cc(OCc2cc(OCc3ccccc3)cc(OCc3ccccc3)c2)c1. The van der Waals surface area contributed by atoms with Gasteiger partial charge in [-0.25, -0.2) is 17.6 Å². The second-order valence-corrected chi connectivity index (χ2v) is 35.3. The van der Waals surface area contributed by atoms with Gasteiger partial charge in [0.2, 0.25) is 0 Å². The summed E-state index contributed by atoms with van der Waals surface area (Å²) in [5, 5.41) is 4.02. The van der Waals surface area contributed by atoms with Crippen molar-refractivity contribution in [2.24, 2.45) is 0 Å². The Morgan fingerprint density at radius 2 is 0.284 bits per heavy atom. The fraction of sp³-hybridized carbons (Fsp3) is 0.0909. The Kier molecular flexibility index (Phi) is 30.8. The highest BCUT2D eigenvalue weighted by Crippen LogP contribution is 2.42. The average Bonchev–Trinajstić information content (AvgIpc) is 0.715. The number of hydrogen-bond acceptors (Lipinski definition) is 12. The molecule has 0 saturated heterocycles. The zero-order chi connectivity index (χ0) is 100. The molecule has 20 aromatic rings. The van der Waals surface area contributed by atoms with Crippen LogP contribution in [0.3, 0.4) is 0 Å². The van der Waals surface area contributed by atoms with Gasteiger partial charge in [0, 0.05) is 93.0 Å². The molecule has 0 aliphatic carbocycles. The van der Waals surface area contributed by atoms with E-state index in [2.05, 4.69) is 47.4 Å². The Balaban J connectivity index is 0.676. The van der Waals surface area contributed by atoms with Crippen LogP contribution in [0.5, 0.6) is 69.0 Å². The maximum absolute atomic E-state index is 16.4. The predicted octanol–water partition coefficient (Wildman–Crippen LogP) is 29.7. The molecule has 0 spiro atoms. The van der Waals surface area contributed by atoms with Crippen molar-refractivity contribution >= 4 is 32.3 Å². The fourth-order valence-corrected chi connectivity index (χ4v) is 17.0. The minimum atomic E-state index is -0.601. The smallest absolute Gasteiger partial charge is 0.128 e. The second kappa shape index (κ2) is 47.3. The zero-order valence-corrected chi connectivity index (χ0v) is 80.3. The predicted molar refractivity (Wildman–Crippen MR) is 569 cm³/mol. The number of halogens is 4. The first-order chi connectivity index (χ1) is 72.8. The van der Waals surface area contributed by atoms with Crippen molar-refractivity contribution in [3.8, 4) is 116 Å². The van der Waals surface area contributed by atoms with Crippen LogP contribution in [0.1, 0.15) is 111 Å². The topological polar surface area (TPSA) is 111 Å². The fourth-order valence-electron chi connectivity index (χ4n) is 17.0. The van der Waals surface area contributed by atoms with Crippen LogP contribution in [0.25, 0.3) is 32.3 Å². The highest BCUT2D eigenvalue weighted by Gasteiger charge is 2.21. The Morgan fingerprint density at radius 3 is 0.446 bits per heavy atom. The van der Waals surface area contributed by atoms with E-state index in [0.29, 0.717) is 176 Å². The molecule has 0 bridgehead atoms. The van der Waals surface area contributed by atoms with Crippen LogP contribution in [0.15, 0.2) is 425 Å². The molecule has 0 heterocycles. The van der Waals surface area contributed by atoms with Gasteiger partial charge in [0.25, 0.3) is 0 Å². The molecule has 0 saturated carbocycles. The van der Waals surface area contributed by atoms with Gasteiger partial charge < -0.3 is 56.8 Å². The summed E-state index contributed by atoms with van der Waals surface area (Å²) in [4.78, 5) is 0. The van der Waals surface area contributed by atoms with Crippen LogP contribution in [0.4, 0.5) is 17.6 Å². The summed E-state index contributed by atoms with van der Waals surface area (Å²) >= 11 is 0. The van der Waals surface area contributed by atoms with E-state index in [1.54, 1.807) is 24.3 Å².